The van der Waals surface area contributed by atoms with E-state index in [1.807, 2.05) is 81.4 Å². The number of nitrogens with one attached hydrogen (secondary N) is 1. The fraction of sp³-hybridized carbons (Fsp3) is 0.409. The lowest BCUT2D eigenvalue weighted by atomic mass is 10.0. The average molecular weight is 396 g/mol. The number of hydrogen-bond donors (Lipinski definition) is 1. The predicted molar refractivity (Wildman–Crippen MR) is 112 cm³/mol. The van der Waals surface area contributed by atoms with Gasteiger partial charge in [-0.05, 0) is 43.9 Å². The van der Waals surface area contributed by atoms with Crippen molar-refractivity contribution >= 4 is 6.09 Å². The Morgan fingerprint density at radius 3 is 2.21 bits per heavy atom. The van der Waals surface area contributed by atoms with E-state index in [4.69, 9.17) is 15.0 Å². The Hall–Kier alpha value is -3.02. The Balaban J connectivity index is 2.18. The summed E-state index contributed by atoms with van der Waals surface area (Å²) < 4.78 is 11.5. The number of ether oxygens (including phenoxy) is 2. The summed E-state index contributed by atoms with van der Waals surface area (Å²) in [5, 5.41) is 6.59. The van der Waals surface area contributed by atoms with Gasteiger partial charge in [-0.2, -0.15) is 0 Å². The molecule has 0 bridgehead atoms. The van der Waals surface area contributed by atoms with E-state index in [1.165, 1.54) is 0 Å². The molecular weight excluding hydrogens is 368 g/mol. The van der Waals surface area contributed by atoms with Gasteiger partial charge in [0.25, 0.3) is 0 Å². The summed E-state index contributed by atoms with van der Waals surface area (Å²) in [6.45, 7) is 5.86. The molecule has 154 valence electrons. The highest BCUT2D eigenvalue weighted by Gasteiger charge is 2.26. The van der Waals surface area contributed by atoms with Gasteiger partial charge in [0, 0.05) is 4.91 Å². The standard InChI is InChI=1S/C22H28N4O3/c1-22(2,3)29-21(27)25-19(14-17-10-6-4-7-11-17)20(15-24-26-23)28-16-18-12-8-5-9-13-18/h4-13,19-20H,14-16H2,1-3H3,(H,25,27). The van der Waals surface area contributed by atoms with E-state index >= 15 is 0 Å². The van der Waals surface area contributed by atoms with Crippen LogP contribution in [0, 0.1) is 0 Å². The van der Waals surface area contributed by atoms with E-state index in [0.29, 0.717) is 13.0 Å². The molecule has 1 N–H and O–H groups in total. The number of amides is 1. The zero-order chi connectivity index (χ0) is 21.1. The first kappa shape index (κ1) is 22.3. The number of alkyl carbamates (subject to hydrolysis) is 1. The fourth-order valence-electron chi connectivity index (χ4n) is 2.79. The van der Waals surface area contributed by atoms with Gasteiger partial charge in [0.15, 0.2) is 0 Å². The maximum atomic E-state index is 12.4. The van der Waals surface area contributed by atoms with E-state index in [9.17, 15) is 4.79 Å². The van der Waals surface area contributed by atoms with Gasteiger partial charge in [-0.3, -0.25) is 0 Å². The van der Waals surface area contributed by atoms with Crippen molar-refractivity contribution in [1.82, 2.24) is 5.32 Å². The van der Waals surface area contributed by atoms with Crippen LogP contribution in [0.5, 0.6) is 0 Å². The van der Waals surface area contributed by atoms with Crippen molar-refractivity contribution in [1.29, 1.82) is 0 Å². The van der Waals surface area contributed by atoms with Crippen molar-refractivity contribution in [2.24, 2.45) is 5.11 Å². The van der Waals surface area contributed by atoms with Crippen molar-refractivity contribution in [3.63, 3.8) is 0 Å². The first-order valence-electron chi connectivity index (χ1n) is 9.57. The Kier molecular flexibility index (Phi) is 8.52. The molecule has 0 fully saturated rings. The first-order chi connectivity index (χ1) is 13.9. The highest BCUT2D eigenvalue weighted by molar-refractivity contribution is 5.68. The molecule has 0 saturated carbocycles. The molecule has 0 aliphatic rings. The molecule has 7 nitrogen and oxygen atoms in total. The second kappa shape index (κ2) is 11.1. The summed E-state index contributed by atoms with van der Waals surface area (Å²) in [7, 11) is 0. The molecule has 2 unspecified atom stereocenters. The number of azide groups is 1. The second-order valence-electron chi connectivity index (χ2n) is 7.69. The van der Waals surface area contributed by atoms with Crippen molar-refractivity contribution in [3.05, 3.63) is 82.2 Å². The predicted octanol–water partition coefficient (Wildman–Crippen LogP) is 5.02. The Morgan fingerprint density at radius 2 is 1.66 bits per heavy atom. The molecular formula is C22H28N4O3. The minimum atomic E-state index is -0.618. The molecule has 2 atom stereocenters. The number of carbonyl (C=O) groups excluding carboxylic acids is 1. The van der Waals surface area contributed by atoms with Crippen molar-refractivity contribution < 1.29 is 14.3 Å². The van der Waals surface area contributed by atoms with Crippen LogP contribution in [0.4, 0.5) is 4.79 Å². The van der Waals surface area contributed by atoms with Crippen LogP contribution in [-0.2, 0) is 22.5 Å². The molecule has 2 aromatic rings. The van der Waals surface area contributed by atoms with E-state index in [0.717, 1.165) is 11.1 Å². The van der Waals surface area contributed by atoms with Crippen LogP contribution >= 0.6 is 0 Å². The molecule has 0 saturated heterocycles. The number of nitrogens with zero attached hydrogens (tertiary/aromatic N) is 3. The monoisotopic (exact) mass is 396 g/mol. The van der Waals surface area contributed by atoms with Gasteiger partial charge in [-0.1, -0.05) is 65.8 Å². The molecule has 0 aliphatic heterocycles. The number of carbonyl (C=O) groups is 1. The third kappa shape index (κ3) is 8.68. The molecule has 0 heterocycles. The smallest absolute Gasteiger partial charge is 0.407 e. The van der Waals surface area contributed by atoms with Gasteiger partial charge in [0.05, 0.1) is 25.3 Å². The second-order valence-corrected chi connectivity index (χ2v) is 7.69. The van der Waals surface area contributed by atoms with Crippen molar-refractivity contribution in [2.45, 2.75) is 51.5 Å². The lowest BCUT2D eigenvalue weighted by molar-refractivity contribution is 0.0103. The summed E-state index contributed by atoms with van der Waals surface area (Å²) in [4.78, 5) is 15.3. The SMILES string of the molecule is CC(C)(C)OC(=O)NC(Cc1ccccc1)C(CN=[N+]=[N-])OCc1ccccc1. The van der Waals surface area contributed by atoms with Gasteiger partial charge in [-0.25, -0.2) is 4.79 Å². The normalized spacial score (nSPS) is 13.1. The Bertz CT molecular complexity index is 800. The summed E-state index contributed by atoms with van der Waals surface area (Å²) in [5.74, 6) is 0. The Labute approximate surface area is 171 Å². The van der Waals surface area contributed by atoms with E-state index in [2.05, 4.69) is 15.3 Å². The van der Waals surface area contributed by atoms with Crippen molar-refractivity contribution in [3.8, 4) is 0 Å². The summed E-state index contributed by atoms with van der Waals surface area (Å²) in [5.41, 5.74) is 10.2. The summed E-state index contributed by atoms with van der Waals surface area (Å²) in [6.07, 6.45) is -0.535. The lowest BCUT2D eigenvalue weighted by Gasteiger charge is -2.29. The van der Waals surface area contributed by atoms with Crippen molar-refractivity contribution in [2.75, 3.05) is 6.54 Å². The maximum Gasteiger partial charge on any atom is 0.407 e. The van der Waals surface area contributed by atoms with Gasteiger partial charge < -0.3 is 14.8 Å². The Morgan fingerprint density at radius 1 is 1.07 bits per heavy atom. The van der Waals surface area contributed by atoms with Crippen LogP contribution in [0.1, 0.15) is 31.9 Å². The number of rotatable bonds is 9. The van der Waals surface area contributed by atoms with Crippen LogP contribution in [0.3, 0.4) is 0 Å². The van der Waals surface area contributed by atoms with Crippen LogP contribution < -0.4 is 5.32 Å². The molecule has 0 spiro atoms. The van der Waals surface area contributed by atoms with E-state index in [-0.39, 0.29) is 6.54 Å². The average Bonchev–Trinajstić information content (AvgIpc) is 2.68. The quantitative estimate of drug-likeness (QED) is 0.366. The molecule has 0 aromatic heterocycles. The van der Waals surface area contributed by atoms with Gasteiger partial charge in [-0.15, -0.1) is 0 Å². The number of benzene rings is 2. The molecule has 1 amide bonds. The zero-order valence-electron chi connectivity index (χ0n) is 17.1. The summed E-state index contributed by atoms with van der Waals surface area (Å²) >= 11 is 0. The third-order valence-electron chi connectivity index (χ3n) is 4.08. The number of hydrogen-bond acceptors (Lipinski definition) is 4. The van der Waals surface area contributed by atoms with Crippen LogP contribution in [-0.4, -0.2) is 30.4 Å². The fourth-order valence-corrected chi connectivity index (χ4v) is 2.79. The zero-order valence-corrected chi connectivity index (χ0v) is 17.1. The van der Waals surface area contributed by atoms with Gasteiger partial charge in [0.1, 0.15) is 5.60 Å². The van der Waals surface area contributed by atoms with Crippen LogP contribution in [0.15, 0.2) is 65.8 Å². The van der Waals surface area contributed by atoms with Gasteiger partial charge >= 0.3 is 6.09 Å². The highest BCUT2D eigenvalue weighted by Crippen LogP contribution is 2.14. The van der Waals surface area contributed by atoms with E-state index in [1.54, 1.807) is 0 Å². The molecule has 2 rings (SSSR count). The molecule has 2 aromatic carbocycles. The minimum absolute atomic E-state index is 0.0939. The van der Waals surface area contributed by atoms with E-state index < -0.39 is 23.8 Å². The molecule has 0 radical (unpaired) electrons. The van der Waals surface area contributed by atoms with Crippen LogP contribution in [0.25, 0.3) is 10.4 Å². The van der Waals surface area contributed by atoms with Crippen LogP contribution in [0.2, 0.25) is 0 Å². The third-order valence-corrected chi connectivity index (χ3v) is 4.08. The van der Waals surface area contributed by atoms with Gasteiger partial charge in [0.2, 0.25) is 0 Å². The minimum Gasteiger partial charge on any atom is -0.444 e. The lowest BCUT2D eigenvalue weighted by Crippen LogP contribution is -2.48. The molecule has 0 aliphatic carbocycles. The first-order valence-corrected chi connectivity index (χ1v) is 9.57. The molecule has 29 heavy (non-hydrogen) atoms. The molecule has 7 heteroatoms. The maximum absolute atomic E-state index is 12.4. The topological polar surface area (TPSA) is 96.3 Å². The largest absolute Gasteiger partial charge is 0.444 e. The summed E-state index contributed by atoms with van der Waals surface area (Å²) in [6, 6.07) is 19.0. The highest BCUT2D eigenvalue weighted by atomic mass is 16.6.